The highest BCUT2D eigenvalue weighted by Gasteiger charge is 2.14. The van der Waals surface area contributed by atoms with E-state index in [9.17, 15) is 9.59 Å². The number of halogens is 1. The normalized spacial score (nSPS) is 10.7. The van der Waals surface area contributed by atoms with E-state index in [1.54, 1.807) is 66.9 Å². The summed E-state index contributed by atoms with van der Waals surface area (Å²) in [5, 5.41) is 6.24. The van der Waals surface area contributed by atoms with Crippen molar-refractivity contribution >= 4 is 29.1 Å². The predicted molar refractivity (Wildman–Crippen MR) is 119 cm³/mol. The molecule has 0 aliphatic heterocycles. The fourth-order valence-corrected chi connectivity index (χ4v) is 2.96. The Hall–Kier alpha value is -3.29. The molecule has 2 aromatic carbocycles. The number of likely N-dealkylation sites (N-methyl/N-ethyl adjacent to an activating group) is 1. The minimum absolute atomic E-state index is 0.159. The van der Waals surface area contributed by atoms with Crippen molar-refractivity contribution < 1.29 is 18.7 Å². The van der Waals surface area contributed by atoms with E-state index in [2.05, 4.69) is 10.6 Å². The van der Waals surface area contributed by atoms with Crippen LogP contribution in [0.4, 0.5) is 5.69 Å². The van der Waals surface area contributed by atoms with Crippen LogP contribution in [0.1, 0.15) is 16.1 Å². The van der Waals surface area contributed by atoms with Gasteiger partial charge in [-0.2, -0.15) is 0 Å². The second-order valence-electron chi connectivity index (χ2n) is 6.90. The number of hydrogen-bond acceptors (Lipinski definition) is 5. The first kappa shape index (κ1) is 22.4. The van der Waals surface area contributed by atoms with Crippen LogP contribution in [0.5, 0.6) is 5.75 Å². The zero-order valence-electron chi connectivity index (χ0n) is 17.1. The fourth-order valence-electron chi connectivity index (χ4n) is 2.83. The van der Waals surface area contributed by atoms with E-state index in [0.29, 0.717) is 35.2 Å². The average Bonchev–Trinajstić information content (AvgIpc) is 3.27. The number of hydrogen-bond donors (Lipinski definition) is 2. The van der Waals surface area contributed by atoms with Gasteiger partial charge >= 0.3 is 0 Å². The highest BCUT2D eigenvalue weighted by Crippen LogP contribution is 2.16. The van der Waals surface area contributed by atoms with Crippen molar-refractivity contribution in [3.8, 4) is 5.75 Å². The highest BCUT2D eigenvalue weighted by atomic mass is 35.5. The molecule has 0 radical (unpaired) electrons. The van der Waals surface area contributed by atoms with E-state index in [0.717, 1.165) is 5.75 Å². The first-order valence-electron chi connectivity index (χ1n) is 9.77. The molecular formula is C23H24ClN3O4. The van der Waals surface area contributed by atoms with Gasteiger partial charge in [0.15, 0.2) is 0 Å². The third-order valence-electron chi connectivity index (χ3n) is 4.42. The summed E-state index contributed by atoms with van der Waals surface area (Å²) in [6.07, 6.45) is 1.55. The number of rotatable bonds is 10. The summed E-state index contributed by atoms with van der Waals surface area (Å²) in [7, 11) is 1.83. The monoisotopic (exact) mass is 441 g/mol. The van der Waals surface area contributed by atoms with Crippen molar-refractivity contribution in [2.24, 2.45) is 0 Å². The molecule has 162 valence electrons. The Morgan fingerprint density at radius 3 is 2.58 bits per heavy atom. The van der Waals surface area contributed by atoms with Crippen molar-refractivity contribution in [1.29, 1.82) is 0 Å². The van der Waals surface area contributed by atoms with Gasteiger partial charge in [0.25, 0.3) is 5.91 Å². The quantitative estimate of drug-likeness (QED) is 0.499. The molecule has 0 aliphatic rings. The number of para-hydroxylation sites is 1. The second-order valence-corrected chi connectivity index (χ2v) is 7.33. The van der Waals surface area contributed by atoms with Crippen molar-refractivity contribution in [2.75, 3.05) is 32.1 Å². The molecular weight excluding hydrogens is 418 g/mol. The lowest BCUT2D eigenvalue weighted by Gasteiger charge is -2.17. The van der Waals surface area contributed by atoms with Gasteiger partial charge in [0, 0.05) is 11.6 Å². The van der Waals surface area contributed by atoms with Gasteiger partial charge in [-0.15, -0.1) is 0 Å². The summed E-state index contributed by atoms with van der Waals surface area (Å²) in [5.74, 6) is 0.853. The van der Waals surface area contributed by atoms with Crippen LogP contribution < -0.4 is 15.4 Å². The topological polar surface area (TPSA) is 83.8 Å². The summed E-state index contributed by atoms with van der Waals surface area (Å²) < 4.78 is 10.9. The molecule has 0 saturated heterocycles. The van der Waals surface area contributed by atoms with Gasteiger partial charge in [0.05, 0.1) is 30.6 Å². The molecule has 0 saturated carbocycles. The molecule has 2 N–H and O–H groups in total. The van der Waals surface area contributed by atoms with Crippen LogP contribution in [0, 0.1) is 0 Å². The number of anilines is 1. The van der Waals surface area contributed by atoms with E-state index in [-0.39, 0.29) is 24.9 Å². The molecule has 7 nitrogen and oxygen atoms in total. The molecule has 0 aliphatic carbocycles. The first-order chi connectivity index (χ1) is 15.0. The van der Waals surface area contributed by atoms with Crippen molar-refractivity contribution in [1.82, 2.24) is 10.2 Å². The molecule has 3 aromatic rings. The standard InChI is InChI=1S/C23H24ClN3O4/c1-27(12-14-31-18-10-8-17(24)9-11-18)16-22(28)26-21-7-3-2-6-20(21)23(29)25-15-19-5-4-13-30-19/h2-11,13H,12,14-16H2,1H3,(H,25,29)(H,26,28). The number of amides is 2. The fraction of sp³-hybridized carbons (Fsp3) is 0.217. The zero-order valence-corrected chi connectivity index (χ0v) is 17.9. The third-order valence-corrected chi connectivity index (χ3v) is 4.67. The SMILES string of the molecule is CN(CCOc1ccc(Cl)cc1)CC(=O)Nc1ccccc1C(=O)NCc1ccco1. The second kappa shape index (κ2) is 11.2. The van der Waals surface area contributed by atoms with Crippen LogP contribution in [0.2, 0.25) is 5.02 Å². The molecule has 1 aromatic heterocycles. The van der Waals surface area contributed by atoms with Crippen LogP contribution >= 0.6 is 11.6 Å². The number of carbonyl (C=O) groups is 2. The van der Waals surface area contributed by atoms with Crippen molar-refractivity contribution in [3.63, 3.8) is 0 Å². The Morgan fingerprint density at radius 1 is 1.06 bits per heavy atom. The minimum atomic E-state index is -0.294. The lowest BCUT2D eigenvalue weighted by atomic mass is 10.1. The summed E-state index contributed by atoms with van der Waals surface area (Å²) >= 11 is 5.85. The Balaban J connectivity index is 1.47. The molecule has 8 heteroatoms. The molecule has 2 amide bonds. The largest absolute Gasteiger partial charge is 0.492 e. The number of nitrogens with one attached hydrogen (secondary N) is 2. The molecule has 0 unspecified atom stereocenters. The van der Waals surface area contributed by atoms with Gasteiger partial charge < -0.3 is 19.8 Å². The van der Waals surface area contributed by atoms with Gasteiger partial charge in [-0.25, -0.2) is 0 Å². The predicted octanol–water partition coefficient (Wildman–Crippen LogP) is 3.81. The molecule has 1 heterocycles. The van der Waals surface area contributed by atoms with E-state index >= 15 is 0 Å². The lowest BCUT2D eigenvalue weighted by molar-refractivity contribution is -0.117. The van der Waals surface area contributed by atoms with E-state index in [1.807, 2.05) is 11.9 Å². The summed E-state index contributed by atoms with van der Waals surface area (Å²) in [5.41, 5.74) is 0.839. The number of nitrogens with zero attached hydrogens (tertiary/aromatic N) is 1. The Kier molecular flexibility index (Phi) is 8.09. The maximum absolute atomic E-state index is 12.5. The van der Waals surface area contributed by atoms with Gasteiger partial charge in [0.2, 0.25) is 5.91 Å². The third kappa shape index (κ3) is 7.16. The Bertz CT molecular complexity index is 990. The molecule has 31 heavy (non-hydrogen) atoms. The van der Waals surface area contributed by atoms with E-state index in [4.69, 9.17) is 20.8 Å². The van der Waals surface area contributed by atoms with Crippen LogP contribution in [-0.2, 0) is 11.3 Å². The van der Waals surface area contributed by atoms with Gasteiger partial charge in [-0.3, -0.25) is 14.5 Å². The van der Waals surface area contributed by atoms with Crippen molar-refractivity contribution in [2.45, 2.75) is 6.54 Å². The van der Waals surface area contributed by atoms with Gasteiger partial charge in [-0.1, -0.05) is 23.7 Å². The Labute approximate surface area is 185 Å². The Morgan fingerprint density at radius 2 is 1.84 bits per heavy atom. The van der Waals surface area contributed by atoms with E-state index in [1.165, 1.54) is 0 Å². The summed E-state index contributed by atoms with van der Waals surface area (Å²) in [6, 6.07) is 17.5. The zero-order chi connectivity index (χ0) is 22.1. The van der Waals surface area contributed by atoms with Crippen LogP contribution in [0.3, 0.4) is 0 Å². The molecule has 0 atom stereocenters. The van der Waals surface area contributed by atoms with Gasteiger partial charge in [-0.05, 0) is 55.6 Å². The highest BCUT2D eigenvalue weighted by molar-refractivity contribution is 6.30. The molecule has 0 fully saturated rings. The van der Waals surface area contributed by atoms with Gasteiger partial charge in [0.1, 0.15) is 18.1 Å². The smallest absolute Gasteiger partial charge is 0.253 e. The molecule has 3 rings (SSSR count). The minimum Gasteiger partial charge on any atom is -0.492 e. The number of carbonyl (C=O) groups excluding carboxylic acids is 2. The van der Waals surface area contributed by atoms with Crippen LogP contribution in [0.15, 0.2) is 71.3 Å². The summed E-state index contributed by atoms with van der Waals surface area (Å²) in [6.45, 7) is 1.41. The number of ether oxygens (including phenoxy) is 1. The maximum atomic E-state index is 12.5. The number of benzene rings is 2. The van der Waals surface area contributed by atoms with E-state index < -0.39 is 0 Å². The average molecular weight is 442 g/mol. The first-order valence-corrected chi connectivity index (χ1v) is 10.2. The van der Waals surface area contributed by atoms with Crippen molar-refractivity contribution in [3.05, 3.63) is 83.3 Å². The van der Waals surface area contributed by atoms with Crippen LogP contribution in [0.25, 0.3) is 0 Å². The maximum Gasteiger partial charge on any atom is 0.253 e. The lowest BCUT2D eigenvalue weighted by Crippen LogP contribution is -2.33. The van der Waals surface area contributed by atoms with Crippen LogP contribution in [-0.4, -0.2) is 43.5 Å². The summed E-state index contributed by atoms with van der Waals surface area (Å²) in [4.78, 5) is 26.8. The molecule has 0 bridgehead atoms. The molecule has 0 spiro atoms. The number of furan rings is 1.